The van der Waals surface area contributed by atoms with Gasteiger partial charge in [-0.2, -0.15) is 0 Å². The Labute approximate surface area is 184 Å². The van der Waals surface area contributed by atoms with Gasteiger partial charge in [0.05, 0.1) is 0 Å². The van der Waals surface area contributed by atoms with Crippen molar-refractivity contribution >= 4 is 47.5 Å². The van der Waals surface area contributed by atoms with Crippen LogP contribution in [-0.2, 0) is 19.1 Å². The number of methoxy groups -OCH3 is 1. The third kappa shape index (κ3) is 28.4. The molecule has 0 saturated heterocycles. The molecule has 0 radical (unpaired) electrons. The average molecular weight is 453 g/mol. The predicted octanol–water partition coefficient (Wildman–Crippen LogP) is 4.25. The van der Waals surface area contributed by atoms with Crippen LogP contribution < -0.4 is 11.1 Å². The lowest BCUT2D eigenvalue weighted by Gasteiger charge is -2.04. The van der Waals surface area contributed by atoms with Gasteiger partial charge in [-0.1, -0.05) is 49.2 Å². The van der Waals surface area contributed by atoms with Gasteiger partial charge in [0, 0.05) is 37.1 Å². The molecule has 7 nitrogen and oxygen atoms in total. The molecule has 0 saturated carbocycles. The van der Waals surface area contributed by atoms with Crippen molar-refractivity contribution in [1.82, 2.24) is 0 Å². The normalized spacial score (nSPS) is 9.79. The molecule has 0 fully saturated rings. The summed E-state index contributed by atoms with van der Waals surface area (Å²) >= 11 is 11.4. The van der Waals surface area contributed by atoms with Crippen LogP contribution in [-0.4, -0.2) is 45.0 Å². The molecule has 0 unspecified atom stereocenters. The first-order valence-corrected chi connectivity index (χ1v) is 9.47. The van der Waals surface area contributed by atoms with Crippen LogP contribution in [0.25, 0.3) is 0 Å². The smallest absolute Gasteiger partial charge is 0.233 e. The Bertz CT molecular complexity index is 529. The molecule has 4 N–H and O–H groups in total. The van der Waals surface area contributed by atoms with E-state index in [0.717, 1.165) is 7.11 Å². The van der Waals surface area contributed by atoms with E-state index in [4.69, 9.17) is 38.8 Å². The summed E-state index contributed by atoms with van der Waals surface area (Å²) in [5.74, 6) is -1.19. The van der Waals surface area contributed by atoms with Crippen LogP contribution in [0.4, 0.5) is 5.69 Å². The SMILES string of the molecule is C1=CCCC1.C=O.CC.CO.COC.NC(=O)CC(=O)Nc1cc(Cl)cc(Cl)c1. The first-order chi connectivity index (χ1) is 13.9. The van der Waals surface area contributed by atoms with Crippen LogP contribution in [0.15, 0.2) is 30.4 Å². The van der Waals surface area contributed by atoms with E-state index in [1.165, 1.54) is 37.5 Å². The first kappa shape index (κ1) is 34.6. The molecule has 2 amide bonds. The zero-order chi connectivity index (χ0) is 23.7. The first-order valence-electron chi connectivity index (χ1n) is 8.72. The molecule has 1 aromatic carbocycles. The standard InChI is InChI=1S/C9H8Cl2N2O2.C5H8.C2H6O.C2H6.CH4O.CH2O/c10-5-1-6(11)3-7(2-5)13-9(15)4-8(12)14;1-2-4-5-3-1;1-3-2;3*1-2/h1-3H,4H2,(H2,12,14)(H,13,15);1-2H,3-5H2;1-2H3;1-2H3;2H,1H3;1H2. The third-order valence-corrected chi connectivity index (χ3v) is 2.83. The van der Waals surface area contributed by atoms with Crippen LogP contribution in [0.1, 0.15) is 39.5 Å². The fourth-order valence-electron chi connectivity index (χ4n) is 1.58. The Hall–Kier alpha value is -1.93. The van der Waals surface area contributed by atoms with E-state index >= 15 is 0 Å². The summed E-state index contributed by atoms with van der Waals surface area (Å²) in [7, 11) is 4.25. The van der Waals surface area contributed by atoms with E-state index in [2.05, 4.69) is 22.2 Å². The van der Waals surface area contributed by atoms with Gasteiger partial charge >= 0.3 is 0 Å². The number of aliphatic hydroxyl groups is 1. The highest BCUT2D eigenvalue weighted by Crippen LogP contribution is 2.22. The molecule has 1 aromatic rings. The molecule has 0 heterocycles. The van der Waals surface area contributed by atoms with Gasteiger partial charge in [-0.3, -0.25) is 9.59 Å². The Balaban J connectivity index is -0.000000183. The quantitative estimate of drug-likeness (QED) is 0.467. The summed E-state index contributed by atoms with van der Waals surface area (Å²) < 4.78 is 4.25. The second-order valence-corrected chi connectivity index (χ2v) is 5.53. The zero-order valence-electron chi connectivity index (χ0n) is 17.8. The number of anilines is 1. The van der Waals surface area contributed by atoms with E-state index < -0.39 is 11.8 Å². The highest BCUT2D eigenvalue weighted by atomic mass is 35.5. The second kappa shape index (κ2) is 28.3. The number of rotatable bonds is 3. The molecule has 0 aromatic heterocycles. The van der Waals surface area contributed by atoms with E-state index in [0.29, 0.717) is 15.7 Å². The minimum atomic E-state index is -0.694. The van der Waals surface area contributed by atoms with Crippen LogP contribution in [0.2, 0.25) is 10.0 Å². The van der Waals surface area contributed by atoms with Gasteiger partial charge in [-0.05, 0) is 37.5 Å². The lowest BCUT2D eigenvalue weighted by Crippen LogP contribution is -2.21. The van der Waals surface area contributed by atoms with Gasteiger partial charge in [-0.15, -0.1) is 0 Å². The van der Waals surface area contributed by atoms with Crippen molar-refractivity contribution < 1.29 is 24.2 Å². The molecule has 29 heavy (non-hydrogen) atoms. The predicted molar refractivity (Wildman–Crippen MR) is 121 cm³/mol. The van der Waals surface area contributed by atoms with Gasteiger partial charge in [0.1, 0.15) is 13.2 Å². The van der Waals surface area contributed by atoms with Gasteiger partial charge in [0.2, 0.25) is 11.8 Å². The number of primary amides is 1. The number of ether oxygens (including phenoxy) is 1. The summed E-state index contributed by atoms with van der Waals surface area (Å²) in [5.41, 5.74) is 5.28. The number of halogens is 2. The van der Waals surface area contributed by atoms with Gasteiger partial charge in [0.25, 0.3) is 0 Å². The molecule has 0 atom stereocenters. The van der Waals surface area contributed by atoms with E-state index in [1.54, 1.807) is 14.2 Å². The minimum Gasteiger partial charge on any atom is -0.400 e. The van der Waals surface area contributed by atoms with Crippen LogP contribution >= 0.6 is 23.2 Å². The Morgan fingerprint density at radius 2 is 1.45 bits per heavy atom. The molecular weight excluding hydrogens is 419 g/mol. The number of carbonyl (C=O) groups is 3. The minimum absolute atomic E-state index is 0.371. The maximum atomic E-state index is 11.1. The number of nitrogens with one attached hydrogen (secondary N) is 1. The zero-order valence-corrected chi connectivity index (χ0v) is 19.3. The fourth-order valence-corrected chi connectivity index (χ4v) is 2.10. The molecular formula is C20H34Cl2N2O5. The lowest BCUT2D eigenvalue weighted by molar-refractivity contribution is -0.124. The van der Waals surface area contributed by atoms with Gasteiger partial charge in [-0.25, -0.2) is 0 Å². The highest BCUT2D eigenvalue weighted by Gasteiger charge is 2.07. The van der Waals surface area contributed by atoms with E-state index in [9.17, 15) is 9.59 Å². The van der Waals surface area contributed by atoms with Crippen LogP contribution in [0.3, 0.4) is 0 Å². The molecule has 0 spiro atoms. The molecule has 9 heteroatoms. The number of carbonyl (C=O) groups excluding carboxylic acids is 3. The van der Waals surface area contributed by atoms with Crippen LogP contribution in [0.5, 0.6) is 0 Å². The molecule has 168 valence electrons. The highest BCUT2D eigenvalue weighted by molar-refractivity contribution is 6.35. The third-order valence-electron chi connectivity index (χ3n) is 2.39. The fraction of sp³-hybridized carbons (Fsp3) is 0.450. The van der Waals surface area contributed by atoms with Crippen molar-refractivity contribution in [3.63, 3.8) is 0 Å². The lowest BCUT2D eigenvalue weighted by atomic mass is 10.3. The van der Waals surface area contributed by atoms with E-state index in [1.807, 2.05) is 20.6 Å². The van der Waals surface area contributed by atoms with Crippen molar-refractivity contribution in [2.24, 2.45) is 5.73 Å². The average Bonchev–Trinajstić information content (AvgIpc) is 3.26. The summed E-state index contributed by atoms with van der Waals surface area (Å²) in [6.45, 7) is 6.00. The second-order valence-electron chi connectivity index (χ2n) is 4.66. The maximum Gasteiger partial charge on any atom is 0.233 e. The summed E-state index contributed by atoms with van der Waals surface area (Å²) in [5, 5.41) is 10.2. The molecule has 0 aliphatic heterocycles. The number of hydrogen-bond acceptors (Lipinski definition) is 5. The number of allylic oxidation sites excluding steroid dienone is 2. The van der Waals surface area contributed by atoms with E-state index in [-0.39, 0.29) is 6.42 Å². The van der Waals surface area contributed by atoms with Crippen molar-refractivity contribution in [3.8, 4) is 0 Å². The van der Waals surface area contributed by atoms with Crippen molar-refractivity contribution in [2.45, 2.75) is 39.5 Å². The Morgan fingerprint density at radius 3 is 1.72 bits per heavy atom. The maximum absolute atomic E-state index is 11.1. The Kier molecular flexibility index (Phi) is 33.7. The molecule has 2 rings (SSSR count). The largest absolute Gasteiger partial charge is 0.400 e. The van der Waals surface area contributed by atoms with Gasteiger partial charge < -0.3 is 25.7 Å². The molecule has 1 aliphatic carbocycles. The number of aliphatic hydroxyl groups excluding tert-OH is 1. The number of benzene rings is 1. The summed E-state index contributed by atoms with van der Waals surface area (Å²) in [4.78, 5) is 29.6. The number of hydrogen-bond donors (Lipinski definition) is 3. The summed E-state index contributed by atoms with van der Waals surface area (Å²) in [6.07, 6.45) is 8.13. The van der Waals surface area contributed by atoms with Crippen molar-refractivity contribution in [3.05, 3.63) is 40.4 Å². The Morgan fingerprint density at radius 1 is 1.07 bits per heavy atom. The monoisotopic (exact) mass is 452 g/mol. The number of nitrogens with two attached hydrogens (primary N) is 1. The molecule has 1 aliphatic rings. The topological polar surface area (TPSA) is 119 Å². The van der Waals surface area contributed by atoms with Crippen LogP contribution in [0, 0.1) is 0 Å². The van der Waals surface area contributed by atoms with Crippen molar-refractivity contribution in [2.75, 3.05) is 26.6 Å². The molecule has 0 bridgehead atoms. The number of amides is 2. The summed E-state index contributed by atoms with van der Waals surface area (Å²) in [6, 6.07) is 4.57. The van der Waals surface area contributed by atoms with Crippen molar-refractivity contribution in [1.29, 1.82) is 0 Å². The van der Waals surface area contributed by atoms with Gasteiger partial charge in [0.15, 0.2) is 0 Å².